The summed E-state index contributed by atoms with van der Waals surface area (Å²) in [6.45, 7) is 9.30. The summed E-state index contributed by atoms with van der Waals surface area (Å²) in [5.74, 6) is -2.66. The summed E-state index contributed by atoms with van der Waals surface area (Å²) in [7, 11) is 0. The molecule has 0 aliphatic heterocycles. The lowest BCUT2D eigenvalue weighted by Gasteiger charge is -2.27. The molecule has 4 heteroatoms. The number of allylic oxidation sites excluding steroid dienone is 1. The van der Waals surface area contributed by atoms with Crippen LogP contribution >= 0.6 is 0 Å². The van der Waals surface area contributed by atoms with Gasteiger partial charge in [-0.25, -0.2) is 0 Å². The lowest BCUT2D eigenvalue weighted by atomic mass is 9.83. The first-order valence-electron chi connectivity index (χ1n) is 8.77. The van der Waals surface area contributed by atoms with E-state index in [0.717, 1.165) is 5.56 Å². The van der Waals surface area contributed by atoms with Crippen LogP contribution in [0.4, 0.5) is 0 Å². The monoisotopic (exact) mass is 346 g/mol. The van der Waals surface area contributed by atoms with Crippen LogP contribution in [-0.4, -0.2) is 22.6 Å². The first-order chi connectivity index (χ1) is 11.6. The second-order valence-corrected chi connectivity index (χ2v) is 7.76. The molecule has 0 saturated carbocycles. The number of ether oxygens (including phenoxy) is 1. The van der Waals surface area contributed by atoms with E-state index in [-0.39, 0.29) is 5.92 Å². The average molecular weight is 346 g/mol. The average Bonchev–Trinajstić information content (AvgIpc) is 2.48. The molecule has 1 aromatic carbocycles. The third kappa shape index (κ3) is 8.01. The molecule has 1 N–H and O–H groups in total. The third-order valence-electron chi connectivity index (χ3n) is 3.74. The zero-order chi connectivity index (χ0) is 19.0. The molecular formula is C21H30O4. The quantitative estimate of drug-likeness (QED) is 0.687. The fourth-order valence-electron chi connectivity index (χ4n) is 2.66. The molecule has 0 spiro atoms. The number of hydrogen-bond donors (Lipinski definition) is 1. The van der Waals surface area contributed by atoms with E-state index >= 15 is 0 Å². The standard InChI is InChI=1S/C21H30O4/c1-15(2)14-18(19(22)23)17(20(24)25-21(3,4)5)13-9-12-16-10-7-6-8-11-16/h6-12,15,17-18H,13-14H2,1-5H3,(H,22,23)/b12-9+. The van der Waals surface area contributed by atoms with Gasteiger partial charge in [0.1, 0.15) is 5.60 Å². The van der Waals surface area contributed by atoms with Crippen LogP contribution in [0, 0.1) is 17.8 Å². The van der Waals surface area contributed by atoms with E-state index < -0.39 is 29.4 Å². The molecule has 0 aromatic heterocycles. The smallest absolute Gasteiger partial charge is 0.310 e. The van der Waals surface area contributed by atoms with Gasteiger partial charge in [-0.05, 0) is 45.1 Å². The van der Waals surface area contributed by atoms with Gasteiger partial charge in [0.15, 0.2) is 0 Å². The van der Waals surface area contributed by atoms with Crippen molar-refractivity contribution in [2.75, 3.05) is 0 Å². The van der Waals surface area contributed by atoms with Crippen molar-refractivity contribution in [2.24, 2.45) is 17.8 Å². The van der Waals surface area contributed by atoms with Crippen molar-refractivity contribution in [3.05, 3.63) is 42.0 Å². The second-order valence-electron chi connectivity index (χ2n) is 7.76. The minimum atomic E-state index is -0.947. The molecule has 0 saturated heterocycles. The molecular weight excluding hydrogens is 316 g/mol. The van der Waals surface area contributed by atoms with Crippen molar-refractivity contribution in [3.63, 3.8) is 0 Å². The van der Waals surface area contributed by atoms with Gasteiger partial charge >= 0.3 is 11.9 Å². The van der Waals surface area contributed by atoms with Crippen molar-refractivity contribution >= 4 is 18.0 Å². The van der Waals surface area contributed by atoms with Gasteiger partial charge in [-0.3, -0.25) is 9.59 Å². The molecule has 0 radical (unpaired) electrons. The molecule has 0 aliphatic rings. The summed E-state index contributed by atoms with van der Waals surface area (Å²) < 4.78 is 5.48. The Balaban J connectivity index is 2.98. The highest BCUT2D eigenvalue weighted by atomic mass is 16.6. The molecule has 2 atom stereocenters. The molecule has 0 fully saturated rings. The van der Waals surface area contributed by atoms with Gasteiger partial charge in [0.2, 0.25) is 0 Å². The predicted molar refractivity (Wildman–Crippen MR) is 100 cm³/mol. The summed E-state index contributed by atoms with van der Waals surface area (Å²) in [5, 5.41) is 9.62. The Labute approximate surface area is 150 Å². The molecule has 0 heterocycles. The highest BCUT2D eigenvalue weighted by Gasteiger charge is 2.36. The first kappa shape index (κ1) is 20.9. The number of hydrogen-bond acceptors (Lipinski definition) is 3. The zero-order valence-electron chi connectivity index (χ0n) is 15.9. The maximum atomic E-state index is 12.6. The summed E-state index contributed by atoms with van der Waals surface area (Å²) in [4.78, 5) is 24.4. The fraction of sp³-hybridized carbons (Fsp3) is 0.524. The van der Waals surface area contributed by atoms with E-state index in [1.54, 1.807) is 20.8 Å². The number of carboxylic acids is 1. The van der Waals surface area contributed by atoms with Crippen LogP contribution in [0.25, 0.3) is 6.08 Å². The maximum Gasteiger partial charge on any atom is 0.310 e. The highest BCUT2D eigenvalue weighted by Crippen LogP contribution is 2.27. The predicted octanol–water partition coefficient (Wildman–Crippen LogP) is 4.79. The van der Waals surface area contributed by atoms with E-state index in [9.17, 15) is 14.7 Å². The highest BCUT2D eigenvalue weighted by molar-refractivity contribution is 5.81. The normalized spacial score (nSPS) is 14.5. The van der Waals surface area contributed by atoms with Crippen LogP contribution in [-0.2, 0) is 14.3 Å². The van der Waals surface area contributed by atoms with Gasteiger partial charge in [-0.2, -0.15) is 0 Å². The Morgan fingerprint density at radius 2 is 1.72 bits per heavy atom. The lowest BCUT2D eigenvalue weighted by Crippen LogP contribution is -2.36. The van der Waals surface area contributed by atoms with E-state index in [2.05, 4.69) is 0 Å². The van der Waals surface area contributed by atoms with Gasteiger partial charge in [-0.15, -0.1) is 0 Å². The van der Waals surface area contributed by atoms with Crippen molar-refractivity contribution in [1.29, 1.82) is 0 Å². The first-order valence-corrected chi connectivity index (χ1v) is 8.77. The topological polar surface area (TPSA) is 63.6 Å². The van der Waals surface area contributed by atoms with Crippen molar-refractivity contribution in [3.8, 4) is 0 Å². The number of carbonyl (C=O) groups excluding carboxylic acids is 1. The number of carboxylic acid groups (broad SMARTS) is 1. The summed E-state index contributed by atoms with van der Waals surface area (Å²) in [5.41, 5.74) is 0.375. The molecule has 2 unspecified atom stereocenters. The minimum Gasteiger partial charge on any atom is -0.481 e. The van der Waals surface area contributed by atoms with Crippen LogP contribution in [0.3, 0.4) is 0 Å². The summed E-state index contributed by atoms with van der Waals surface area (Å²) >= 11 is 0. The second kappa shape index (κ2) is 9.40. The Kier molecular flexibility index (Phi) is 7.88. The Morgan fingerprint density at radius 1 is 1.12 bits per heavy atom. The van der Waals surface area contributed by atoms with Crippen LogP contribution in [0.1, 0.15) is 53.0 Å². The molecule has 4 nitrogen and oxygen atoms in total. The van der Waals surface area contributed by atoms with Crippen LogP contribution in [0.5, 0.6) is 0 Å². The number of aliphatic carboxylic acids is 1. The van der Waals surface area contributed by atoms with Gasteiger partial charge in [0.05, 0.1) is 11.8 Å². The Morgan fingerprint density at radius 3 is 2.20 bits per heavy atom. The minimum absolute atomic E-state index is 0.184. The van der Waals surface area contributed by atoms with Crippen LogP contribution in [0.15, 0.2) is 36.4 Å². The Hall–Kier alpha value is -2.10. The van der Waals surface area contributed by atoms with Gasteiger partial charge in [-0.1, -0.05) is 56.3 Å². The van der Waals surface area contributed by atoms with Crippen molar-refractivity contribution in [1.82, 2.24) is 0 Å². The van der Waals surface area contributed by atoms with E-state index in [1.807, 2.05) is 56.3 Å². The maximum absolute atomic E-state index is 12.6. The molecule has 0 aliphatic carbocycles. The molecule has 1 aromatic rings. The van der Waals surface area contributed by atoms with Crippen LogP contribution < -0.4 is 0 Å². The summed E-state index contributed by atoms with van der Waals surface area (Å²) in [6, 6.07) is 9.72. The van der Waals surface area contributed by atoms with Gasteiger partial charge < -0.3 is 9.84 Å². The number of carbonyl (C=O) groups is 2. The fourth-order valence-corrected chi connectivity index (χ4v) is 2.66. The SMILES string of the molecule is CC(C)CC(C(=O)O)C(C/C=C/c1ccccc1)C(=O)OC(C)(C)C. The number of benzene rings is 1. The van der Waals surface area contributed by atoms with Gasteiger partial charge in [0, 0.05) is 0 Å². The molecule has 1 rings (SSSR count). The van der Waals surface area contributed by atoms with E-state index in [0.29, 0.717) is 12.8 Å². The van der Waals surface area contributed by atoms with E-state index in [1.165, 1.54) is 0 Å². The molecule has 0 amide bonds. The lowest BCUT2D eigenvalue weighted by molar-refractivity contribution is -0.167. The van der Waals surface area contributed by atoms with E-state index in [4.69, 9.17) is 4.74 Å². The number of rotatable bonds is 8. The third-order valence-corrected chi connectivity index (χ3v) is 3.74. The number of esters is 1. The van der Waals surface area contributed by atoms with Gasteiger partial charge in [0.25, 0.3) is 0 Å². The van der Waals surface area contributed by atoms with Crippen molar-refractivity contribution < 1.29 is 19.4 Å². The molecule has 0 bridgehead atoms. The largest absolute Gasteiger partial charge is 0.481 e. The van der Waals surface area contributed by atoms with Crippen molar-refractivity contribution in [2.45, 2.75) is 53.1 Å². The molecule has 138 valence electrons. The Bertz CT molecular complexity index is 582. The summed E-state index contributed by atoms with van der Waals surface area (Å²) in [6.07, 6.45) is 4.55. The zero-order valence-corrected chi connectivity index (χ0v) is 15.9. The van der Waals surface area contributed by atoms with Crippen LogP contribution in [0.2, 0.25) is 0 Å². The molecule has 25 heavy (non-hydrogen) atoms.